The van der Waals surface area contributed by atoms with Crippen molar-refractivity contribution in [1.29, 1.82) is 0 Å². The molecular weight excluding hydrogens is 256 g/mol. The van der Waals surface area contributed by atoms with Crippen LogP contribution in [0.3, 0.4) is 0 Å². The van der Waals surface area contributed by atoms with E-state index in [1.165, 1.54) is 16.7 Å². The first-order valence-electron chi connectivity index (χ1n) is 7.70. The second kappa shape index (κ2) is 7.96. The van der Waals surface area contributed by atoms with Gasteiger partial charge in [0.1, 0.15) is 0 Å². The molecule has 1 unspecified atom stereocenters. The molecule has 21 heavy (non-hydrogen) atoms. The maximum Gasteiger partial charge on any atom is 0.0295 e. The summed E-state index contributed by atoms with van der Waals surface area (Å²) in [5.41, 5.74) is 10.2. The fraction of sp³-hybridized carbons (Fsp3) is 0.368. The lowest BCUT2D eigenvalue weighted by molar-refractivity contribution is 0.314. The van der Waals surface area contributed by atoms with Crippen molar-refractivity contribution in [3.8, 4) is 0 Å². The molecule has 0 aromatic heterocycles. The molecule has 0 aliphatic carbocycles. The van der Waals surface area contributed by atoms with E-state index in [2.05, 4.69) is 67.4 Å². The zero-order valence-electron chi connectivity index (χ0n) is 13.1. The van der Waals surface area contributed by atoms with Gasteiger partial charge in [-0.25, -0.2) is 0 Å². The van der Waals surface area contributed by atoms with Crippen molar-refractivity contribution in [2.75, 3.05) is 13.6 Å². The third-order valence-electron chi connectivity index (χ3n) is 3.82. The Morgan fingerprint density at radius 3 is 2.52 bits per heavy atom. The fourth-order valence-corrected chi connectivity index (χ4v) is 2.65. The number of nitrogens with zero attached hydrogens (tertiary/aromatic N) is 1. The minimum Gasteiger partial charge on any atom is -0.324 e. The highest BCUT2D eigenvalue weighted by Crippen LogP contribution is 2.15. The van der Waals surface area contributed by atoms with Crippen molar-refractivity contribution >= 4 is 0 Å². The summed E-state index contributed by atoms with van der Waals surface area (Å²) < 4.78 is 0. The number of hydrogen-bond acceptors (Lipinski definition) is 2. The van der Waals surface area contributed by atoms with Gasteiger partial charge in [0.05, 0.1) is 0 Å². The van der Waals surface area contributed by atoms with Crippen LogP contribution in [-0.4, -0.2) is 18.5 Å². The summed E-state index contributed by atoms with van der Waals surface area (Å²) in [6, 6.07) is 19.2. The first kappa shape index (κ1) is 15.7. The Balaban J connectivity index is 1.73. The maximum atomic E-state index is 6.24. The number of nitrogens with two attached hydrogens (primary N) is 1. The SMILES string of the molecule is Cc1cccc(CN(C)CCCC(N)c2ccccc2)c1. The van der Waals surface area contributed by atoms with Gasteiger partial charge in [0.25, 0.3) is 0 Å². The second-order valence-electron chi connectivity index (χ2n) is 5.89. The Labute approximate surface area is 128 Å². The number of rotatable bonds is 7. The summed E-state index contributed by atoms with van der Waals surface area (Å²) in [7, 11) is 2.18. The minimum atomic E-state index is 0.151. The Kier molecular flexibility index (Phi) is 5.97. The van der Waals surface area contributed by atoms with E-state index in [1.54, 1.807) is 0 Å². The minimum absolute atomic E-state index is 0.151. The third-order valence-corrected chi connectivity index (χ3v) is 3.82. The van der Waals surface area contributed by atoms with Crippen molar-refractivity contribution < 1.29 is 0 Å². The van der Waals surface area contributed by atoms with Gasteiger partial charge in [-0.3, -0.25) is 0 Å². The zero-order valence-corrected chi connectivity index (χ0v) is 13.1. The van der Waals surface area contributed by atoms with Crippen molar-refractivity contribution in [2.24, 2.45) is 5.73 Å². The van der Waals surface area contributed by atoms with Crippen LogP contribution in [0.25, 0.3) is 0 Å². The van der Waals surface area contributed by atoms with E-state index in [4.69, 9.17) is 5.73 Å². The van der Waals surface area contributed by atoms with Gasteiger partial charge in [0.15, 0.2) is 0 Å². The van der Waals surface area contributed by atoms with E-state index in [1.807, 2.05) is 6.07 Å². The van der Waals surface area contributed by atoms with Crippen molar-refractivity contribution in [3.05, 3.63) is 71.3 Å². The molecule has 0 bridgehead atoms. The van der Waals surface area contributed by atoms with Crippen LogP contribution in [0.2, 0.25) is 0 Å². The zero-order chi connectivity index (χ0) is 15.1. The summed E-state index contributed by atoms with van der Waals surface area (Å²) in [6.45, 7) is 4.22. The van der Waals surface area contributed by atoms with Crippen LogP contribution in [-0.2, 0) is 6.54 Å². The first-order chi connectivity index (χ1) is 10.1. The molecule has 112 valence electrons. The molecule has 1 atom stereocenters. The van der Waals surface area contributed by atoms with Crippen molar-refractivity contribution in [2.45, 2.75) is 32.4 Å². The summed E-state index contributed by atoms with van der Waals surface area (Å²) >= 11 is 0. The molecule has 2 heteroatoms. The van der Waals surface area contributed by atoms with Crippen LogP contribution < -0.4 is 5.73 Å². The van der Waals surface area contributed by atoms with Crippen LogP contribution in [0.4, 0.5) is 0 Å². The predicted octanol–water partition coefficient (Wildman–Crippen LogP) is 3.91. The van der Waals surface area contributed by atoms with Crippen molar-refractivity contribution in [3.63, 3.8) is 0 Å². The molecule has 0 aliphatic heterocycles. The van der Waals surface area contributed by atoms with Gasteiger partial charge >= 0.3 is 0 Å². The van der Waals surface area contributed by atoms with Crippen LogP contribution in [0.5, 0.6) is 0 Å². The van der Waals surface area contributed by atoms with Gasteiger partial charge in [-0.2, -0.15) is 0 Å². The molecule has 0 fully saturated rings. The Hall–Kier alpha value is -1.64. The van der Waals surface area contributed by atoms with Gasteiger partial charge in [-0.1, -0.05) is 60.2 Å². The van der Waals surface area contributed by atoms with E-state index < -0.39 is 0 Å². The summed E-state index contributed by atoms with van der Waals surface area (Å²) in [5.74, 6) is 0. The first-order valence-corrected chi connectivity index (χ1v) is 7.70. The number of aryl methyl sites for hydroxylation is 1. The van der Waals surface area contributed by atoms with Gasteiger partial charge < -0.3 is 10.6 Å². The van der Waals surface area contributed by atoms with E-state index in [0.29, 0.717) is 0 Å². The maximum absolute atomic E-state index is 6.24. The molecule has 2 nitrogen and oxygen atoms in total. The number of benzene rings is 2. The topological polar surface area (TPSA) is 29.3 Å². The third kappa shape index (κ3) is 5.33. The molecule has 0 saturated heterocycles. The van der Waals surface area contributed by atoms with E-state index in [0.717, 1.165) is 25.9 Å². The largest absolute Gasteiger partial charge is 0.324 e. The summed E-state index contributed by atoms with van der Waals surface area (Å²) in [4.78, 5) is 2.37. The van der Waals surface area contributed by atoms with E-state index >= 15 is 0 Å². The quantitative estimate of drug-likeness (QED) is 0.834. The predicted molar refractivity (Wildman–Crippen MR) is 90.1 cm³/mol. The summed E-state index contributed by atoms with van der Waals surface area (Å²) in [5, 5.41) is 0. The Bertz CT molecular complexity index is 536. The number of hydrogen-bond donors (Lipinski definition) is 1. The fourth-order valence-electron chi connectivity index (χ4n) is 2.65. The highest BCUT2D eigenvalue weighted by atomic mass is 15.1. The van der Waals surface area contributed by atoms with E-state index in [-0.39, 0.29) is 6.04 Å². The highest BCUT2D eigenvalue weighted by Gasteiger charge is 2.06. The van der Waals surface area contributed by atoms with Crippen LogP contribution in [0.15, 0.2) is 54.6 Å². The van der Waals surface area contributed by atoms with Gasteiger partial charge in [0, 0.05) is 12.6 Å². The highest BCUT2D eigenvalue weighted by molar-refractivity contribution is 5.22. The smallest absolute Gasteiger partial charge is 0.0295 e. The molecule has 2 aromatic carbocycles. The standard InChI is InChI=1S/C19H26N2/c1-16-8-6-9-17(14-16)15-21(2)13-7-12-19(20)18-10-4-3-5-11-18/h3-6,8-11,14,19H,7,12-13,15,20H2,1-2H3. The normalized spacial score (nSPS) is 12.6. The molecule has 0 spiro atoms. The molecule has 0 amide bonds. The van der Waals surface area contributed by atoms with Crippen molar-refractivity contribution in [1.82, 2.24) is 4.90 Å². The van der Waals surface area contributed by atoms with Gasteiger partial charge in [-0.05, 0) is 44.5 Å². The molecule has 2 N–H and O–H groups in total. The van der Waals surface area contributed by atoms with Gasteiger partial charge in [-0.15, -0.1) is 0 Å². The van der Waals surface area contributed by atoms with E-state index in [9.17, 15) is 0 Å². The molecule has 0 radical (unpaired) electrons. The average Bonchev–Trinajstić information content (AvgIpc) is 2.48. The summed E-state index contributed by atoms with van der Waals surface area (Å²) in [6.07, 6.45) is 2.15. The Morgan fingerprint density at radius 2 is 1.81 bits per heavy atom. The van der Waals surface area contributed by atoms with Crippen LogP contribution in [0.1, 0.15) is 35.6 Å². The molecular formula is C19H26N2. The second-order valence-corrected chi connectivity index (χ2v) is 5.89. The van der Waals surface area contributed by atoms with Crippen LogP contribution in [0, 0.1) is 6.92 Å². The monoisotopic (exact) mass is 282 g/mol. The average molecular weight is 282 g/mol. The molecule has 0 saturated carbocycles. The molecule has 2 rings (SSSR count). The lowest BCUT2D eigenvalue weighted by Gasteiger charge is -2.18. The molecule has 0 aliphatic rings. The Morgan fingerprint density at radius 1 is 1.05 bits per heavy atom. The van der Waals surface area contributed by atoms with Gasteiger partial charge in [0.2, 0.25) is 0 Å². The van der Waals surface area contributed by atoms with Crippen LogP contribution >= 0.6 is 0 Å². The lowest BCUT2D eigenvalue weighted by Crippen LogP contribution is -2.20. The molecule has 2 aromatic rings. The lowest BCUT2D eigenvalue weighted by atomic mass is 10.0. The molecule has 0 heterocycles.